The van der Waals surface area contributed by atoms with Crippen molar-refractivity contribution < 1.29 is 4.74 Å². The average Bonchev–Trinajstić information content (AvgIpc) is 3.12. The summed E-state index contributed by atoms with van der Waals surface area (Å²) in [4.78, 5) is 9.67. The van der Waals surface area contributed by atoms with Crippen LogP contribution in [-0.2, 0) is 6.54 Å². The van der Waals surface area contributed by atoms with Crippen molar-refractivity contribution in [3.05, 3.63) is 59.1 Å². The maximum Gasteiger partial charge on any atom is 0.119 e. The number of para-hydroxylation sites is 1. The number of fused-ring (bicyclic) bond motifs is 1. The highest BCUT2D eigenvalue weighted by molar-refractivity contribution is 7.18. The molecule has 1 fully saturated rings. The van der Waals surface area contributed by atoms with Gasteiger partial charge in [0, 0.05) is 32.7 Å². The molecule has 0 amide bonds. The Morgan fingerprint density at radius 1 is 1.00 bits per heavy atom. The lowest BCUT2D eigenvalue weighted by Gasteiger charge is -2.34. The predicted molar refractivity (Wildman–Crippen MR) is 108 cm³/mol. The zero-order valence-corrected chi connectivity index (χ0v) is 16.0. The molecule has 2 heterocycles. The summed E-state index contributed by atoms with van der Waals surface area (Å²) in [6, 6.07) is 17.7. The predicted octanol–water partition coefficient (Wildman–Crippen LogP) is 3.36. The molecule has 1 aliphatic heterocycles. The fourth-order valence-corrected chi connectivity index (χ4v) is 4.28. The van der Waals surface area contributed by atoms with Crippen LogP contribution in [0.25, 0.3) is 10.2 Å². The van der Waals surface area contributed by atoms with Crippen LogP contribution in [0.1, 0.15) is 10.6 Å². The Morgan fingerprint density at radius 3 is 2.48 bits per heavy atom. The van der Waals surface area contributed by atoms with E-state index < -0.39 is 0 Å². The minimum Gasteiger partial charge on any atom is -0.492 e. The molecule has 2 aromatic carbocycles. The number of piperazine rings is 1. The Bertz CT molecular complexity index is 890. The third kappa shape index (κ3) is 4.64. The molecular weight excluding hydrogens is 356 g/mol. The van der Waals surface area contributed by atoms with Crippen molar-refractivity contribution in [3.63, 3.8) is 0 Å². The van der Waals surface area contributed by atoms with E-state index in [0.717, 1.165) is 50.5 Å². The summed E-state index contributed by atoms with van der Waals surface area (Å²) >= 11 is 1.80. The highest BCUT2D eigenvalue weighted by atomic mass is 32.1. The highest BCUT2D eigenvalue weighted by Crippen LogP contribution is 2.23. The van der Waals surface area contributed by atoms with Gasteiger partial charge in [-0.25, -0.2) is 4.98 Å². The van der Waals surface area contributed by atoms with Gasteiger partial charge in [0.15, 0.2) is 0 Å². The monoisotopic (exact) mass is 378 g/mol. The molecule has 0 radical (unpaired) electrons. The molecule has 5 nitrogen and oxygen atoms in total. The van der Waals surface area contributed by atoms with E-state index in [4.69, 9.17) is 15.0 Å². The second-order valence-electron chi connectivity index (χ2n) is 6.68. The van der Waals surface area contributed by atoms with Crippen molar-refractivity contribution >= 4 is 21.6 Å². The van der Waals surface area contributed by atoms with E-state index in [9.17, 15) is 0 Å². The van der Waals surface area contributed by atoms with E-state index in [2.05, 4.69) is 34.1 Å². The molecule has 0 saturated carbocycles. The van der Waals surface area contributed by atoms with Crippen LogP contribution in [0.2, 0.25) is 0 Å². The Balaban J connectivity index is 1.20. The number of ether oxygens (including phenoxy) is 1. The number of thiazole rings is 1. The van der Waals surface area contributed by atoms with E-state index in [0.29, 0.717) is 12.2 Å². The summed E-state index contributed by atoms with van der Waals surface area (Å²) in [5.41, 5.74) is 1.77. The highest BCUT2D eigenvalue weighted by Gasteiger charge is 2.18. The van der Waals surface area contributed by atoms with Crippen molar-refractivity contribution in [1.82, 2.24) is 14.8 Å². The summed E-state index contributed by atoms with van der Waals surface area (Å²) < 4.78 is 7.06. The van der Waals surface area contributed by atoms with E-state index in [-0.39, 0.29) is 0 Å². The molecular formula is C21H22N4OS. The summed E-state index contributed by atoms with van der Waals surface area (Å²) in [5, 5.41) is 10.0. The zero-order valence-electron chi connectivity index (χ0n) is 15.2. The third-order valence-electron chi connectivity index (χ3n) is 4.82. The van der Waals surface area contributed by atoms with Gasteiger partial charge in [-0.15, -0.1) is 11.3 Å². The Labute approximate surface area is 163 Å². The molecule has 0 bridgehead atoms. The lowest BCUT2D eigenvalue weighted by atomic mass is 10.2. The van der Waals surface area contributed by atoms with Crippen molar-refractivity contribution in [1.29, 1.82) is 5.26 Å². The Morgan fingerprint density at radius 2 is 1.74 bits per heavy atom. The molecule has 0 atom stereocenters. The number of hydrogen-bond donors (Lipinski definition) is 0. The third-order valence-corrected chi connectivity index (χ3v) is 5.84. The average molecular weight is 379 g/mol. The minimum atomic E-state index is 0.659. The fraction of sp³-hybridized carbons (Fsp3) is 0.333. The topological polar surface area (TPSA) is 52.4 Å². The molecule has 1 aromatic heterocycles. The largest absolute Gasteiger partial charge is 0.492 e. The maximum absolute atomic E-state index is 8.82. The molecule has 6 heteroatoms. The molecule has 3 aromatic rings. The number of nitriles is 1. The summed E-state index contributed by atoms with van der Waals surface area (Å²) in [6.07, 6.45) is 0. The quantitative estimate of drug-likeness (QED) is 0.658. The first-order chi connectivity index (χ1) is 13.3. The van der Waals surface area contributed by atoms with E-state index in [1.165, 1.54) is 9.71 Å². The Kier molecular flexibility index (Phi) is 5.64. The lowest BCUT2D eigenvalue weighted by molar-refractivity contribution is 0.112. The first-order valence-corrected chi connectivity index (χ1v) is 10.0. The minimum absolute atomic E-state index is 0.659. The van der Waals surface area contributed by atoms with Gasteiger partial charge in [0.05, 0.1) is 28.4 Å². The maximum atomic E-state index is 8.82. The first-order valence-electron chi connectivity index (χ1n) is 9.22. The van der Waals surface area contributed by atoms with E-state index in [1.807, 2.05) is 18.2 Å². The molecule has 27 heavy (non-hydrogen) atoms. The summed E-state index contributed by atoms with van der Waals surface area (Å²) in [5.74, 6) is 0.823. The lowest BCUT2D eigenvalue weighted by Crippen LogP contribution is -2.47. The van der Waals surface area contributed by atoms with E-state index >= 15 is 0 Å². The van der Waals surface area contributed by atoms with Gasteiger partial charge in [0.2, 0.25) is 0 Å². The molecule has 0 spiro atoms. The molecule has 0 N–H and O–H groups in total. The van der Waals surface area contributed by atoms with Gasteiger partial charge >= 0.3 is 0 Å². The van der Waals surface area contributed by atoms with Gasteiger partial charge < -0.3 is 4.74 Å². The molecule has 138 valence electrons. The summed E-state index contributed by atoms with van der Waals surface area (Å²) in [7, 11) is 0. The zero-order chi connectivity index (χ0) is 18.5. The van der Waals surface area contributed by atoms with Crippen molar-refractivity contribution in [2.24, 2.45) is 0 Å². The second kappa shape index (κ2) is 8.49. The molecule has 1 saturated heterocycles. The van der Waals surface area contributed by atoms with Crippen molar-refractivity contribution in [3.8, 4) is 11.8 Å². The van der Waals surface area contributed by atoms with Gasteiger partial charge in [-0.1, -0.05) is 12.1 Å². The molecule has 4 rings (SSSR count). The van der Waals surface area contributed by atoms with Gasteiger partial charge in [0.1, 0.15) is 17.4 Å². The summed E-state index contributed by atoms with van der Waals surface area (Å²) in [6.45, 7) is 6.77. The number of hydrogen-bond acceptors (Lipinski definition) is 6. The first kappa shape index (κ1) is 17.9. The van der Waals surface area contributed by atoms with E-state index in [1.54, 1.807) is 23.5 Å². The fourth-order valence-electron chi connectivity index (χ4n) is 3.27. The normalized spacial score (nSPS) is 15.7. The molecule has 0 aliphatic carbocycles. The van der Waals surface area contributed by atoms with Crippen LogP contribution in [0.3, 0.4) is 0 Å². The van der Waals surface area contributed by atoms with Crippen LogP contribution in [0, 0.1) is 11.3 Å². The van der Waals surface area contributed by atoms with Crippen LogP contribution >= 0.6 is 11.3 Å². The number of rotatable bonds is 6. The standard InChI is InChI=1S/C21H22N4OS/c22-15-17-5-7-18(8-6-17)26-14-13-24-9-11-25(12-10-24)16-21-23-19-3-1-2-4-20(19)27-21/h1-8H,9-14,16H2. The van der Waals surface area contributed by atoms with Crippen LogP contribution in [0.4, 0.5) is 0 Å². The van der Waals surface area contributed by atoms with Crippen LogP contribution < -0.4 is 4.74 Å². The smallest absolute Gasteiger partial charge is 0.119 e. The number of benzene rings is 2. The number of aromatic nitrogens is 1. The SMILES string of the molecule is N#Cc1ccc(OCCN2CCN(Cc3nc4ccccc4s3)CC2)cc1. The van der Waals surface area contributed by atoms with Crippen molar-refractivity contribution in [2.45, 2.75) is 6.54 Å². The molecule has 0 unspecified atom stereocenters. The Hall–Kier alpha value is -2.46. The van der Waals surface area contributed by atoms with Crippen LogP contribution in [-0.4, -0.2) is 54.1 Å². The van der Waals surface area contributed by atoms with Crippen molar-refractivity contribution in [2.75, 3.05) is 39.3 Å². The van der Waals surface area contributed by atoms with Crippen LogP contribution in [0.5, 0.6) is 5.75 Å². The van der Waals surface area contributed by atoms with Crippen LogP contribution in [0.15, 0.2) is 48.5 Å². The van der Waals surface area contributed by atoms with Gasteiger partial charge in [-0.3, -0.25) is 9.80 Å². The van der Waals surface area contributed by atoms with Gasteiger partial charge in [-0.05, 0) is 36.4 Å². The van der Waals surface area contributed by atoms with Gasteiger partial charge in [0.25, 0.3) is 0 Å². The number of nitrogens with zero attached hydrogens (tertiary/aromatic N) is 4. The second-order valence-corrected chi connectivity index (χ2v) is 7.79. The van der Waals surface area contributed by atoms with Gasteiger partial charge in [-0.2, -0.15) is 5.26 Å². The molecule has 1 aliphatic rings.